The number of hydrogen-bond acceptors (Lipinski definition) is 3. The van der Waals surface area contributed by atoms with Gasteiger partial charge in [-0.05, 0) is 43.7 Å². The topological polar surface area (TPSA) is 74.7 Å². The van der Waals surface area contributed by atoms with Crippen LogP contribution in [0.1, 0.15) is 40.5 Å². The smallest absolute Gasteiger partial charge is 0.308 e. The maximum Gasteiger partial charge on any atom is 0.308 e. The summed E-state index contributed by atoms with van der Waals surface area (Å²) in [7, 11) is 0. The summed E-state index contributed by atoms with van der Waals surface area (Å²) in [6.45, 7) is 2.29. The van der Waals surface area contributed by atoms with Crippen molar-refractivity contribution in [3.05, 3.63) is 35.4 Å². The normalized spacial score (nSPS) is 24.3. The number of carbonyl (C=O) groups is 3. The number of benzene rings is 1. The number of carboxylic acid groups (broad SMARTS) is 1. The summed E-state index contributed by atoms with van der Waals surface area (Å²) in [6, 6.07) is 6.55. The van der Waals surface area contributed by atoms with Crippen LogP contribution in [0.3, 0.4) is 0 Å². The highest BCUT2D eigenvalue weighted by atomic mass is 16.4. The first-order valence-corrected chi connectivity index (χ1v) is 7.60. The van der Waals surface area contributed by atoms with E-state index in [-0.39, 0.29) is 24.2 Å². The fourth-order valence-electron chi connectivity index (χ4n) is 3.29. The first-order valence-electron chi connectivity index (χ1n) is 7.60. The molecule has 1 saturated heterocycles. The van der Waals surface area contributed by atoms with Crippen molar-refractivity contribution in [1.29, 1.82) is 0 Å². The zero-order valence-corrected chi connectivity index (χ0v) is 12.5. The Kier molecular flexibility index (Phi) is 3.72. The Morgan fingerprint density at radius 1 is 1.05 bits per heavy atom. The fraction of sp³-hybridized carbons (Fsp3) is 0.471. The van der Waals surface area contributed by atoms with Crippen LogP contribution in [0, 0.1) is 17.8 Å². The van der Waals surface area contributed by atoms with Gasteiger partial charge in [-0.15, -0.1) is 0 Å². The molecule has 116 valence electrons. The minimum atomic E-state index is -0.806. The van der Waals surface area contributed by atoms with Gasteiger partial charge in [-0.2, -0.15) is 0 Å². The molecule has 0 bridgehead atoms. The zero-order valence-electron chi connectivity index (χ0n) is 12.5. The predicted molar refractivity (Wildman–Crippen MR) is 79.7 cm³/mol. The summed E-state index contributed by atoms with van der Waals surface area (Å²) in [4.78, 5) is 36.8. The minimum Gasteiger partial charge on any atom is -0.481 e. The Bertz CT molecular complexity index is 618. The number of carboxylic acids is 1. The zero-order chi connectivity index (χ0) is 15.9. The molecule has 0 spiro atoms. The molecule has 2 fully saturated rings. The molecule has 1 aromatic carbocycles. The molecule has 1 heterocycles. The molecule has 1 aliphatic carbocycles. The van der Waals surface area contributed by atoms with E-state index < -0.39 is 11.9 Å². The predicted octanol–water partition coefficient (Wildman–Crippen LogP) is 2.07. The van der Waals surface area contributed by atoms with Crippen molar-refractivity contribution in [2.24, 2.45) is 17.8 Å². The molecule has 1 saturated carbocycles. The molecular formula is C17H19NO4. The fourth-order valence-corrected chi connectivity index (χ4v) is 3.29. The third kappa shape index (κ3) is 2.75. The van der Waals surface area contributed by atoms with Crippen LogP contribution >= 0.6 is 0 Å². The second-order valence-corrected chi connectivity index (χ2v) is 6.29. The van der Waals surface area contributed by atoms with Crippen LogP contribution in [0.4, 0.5) is 0 Å². The highest BCUT2D eigenvalue weighted by molar-refractivity contribution is 5.98. The Balaban J connectivity index is 1.74. The minimum absolute atomic E-state index is 0.0417. The lowest BCUT2D eigenvalue weighted by Crippen LogP contribution is -2.29. The van der Waals surface area contributed by atoms with Crippen molar-refractivity contribution in [2.75, 3.05) is 13.1 Å². The van der Waals surface area contributed by atoms with E-state index in [1.165, 1.54) is 6.92 Å². The standard InChI is InChI=1S/C17H19NO4/c1-10(19)11-2-6-13(7-3-11)16(20)18-8-14(12-4-5-12)15(9-18)17(21)22/h2-3,6-7,12,14-15H,4-5,8-9H2,1H3,(H,21,22)/t14-,15+/m1/s1. The first kappa shape index (κ1) is 14.8. The molecule has 1 N–H and O–H groups in total. The van der Waals surface area contributed by atoms with Gasteiger partial charge >= 0.3 is 5.97 Å². The summed E-state index contributed by atoms with van der Waals surface area (Å²) in [5, 5.41) is 9.35. The molecule has 5 heteroatoms. The van der Waals surface area contributed by atoms with Crippen molar-refractivity contribution in [3.8, 4) is 0 Å². The lowest BCUT2D eigenvalue weighted by atomic mass is 9.92. The van der Waals surface area contributed by atoms with Gasteiger partial charge in [0, 0.05) is 24.2 Å². The third-order valence-electron chi connectivity index (χ3n) is 4.74. The van der Waals surface area contributed by atoms with E-state index >= 15 is 0 Å². The number of ketones is 1. The molecule has 22 heavy (non-hydrogen) atoms. The third-order valence-corrected chi connectivity index (χ3v) is 4.74. The van der Waals surface area contributed by atoms with Gasteiger partial charge in [-0.25, -0.2) is 0 Å². The molecule has 0 unspecified atom stereocenters. The lowest BCUT2D eigenvalue weighted by Gasteiger charge is -2.16. The van der Waals surface area contributed by atoms with E-state index in [4.69, 9.17) is 0 Å². The van der Waals surface area contributed by atoms with E-state index in [0.29, 0.717) is 23.6 Å². The Hall–Kier alpha value is -2.17. The number of hydrogen-bond donors (Lipinski definition) is 1. The highest BCUT2D eigenvalue weighted by Gasteiger charge is 2.46. The number of rotatable bonds is 4. The van der Waals surface area contributed by atoms with Crippen LogP contribution in [-0.4, -0.2) is 40.8 Å². The maximum absolute atomic E-state index is 12.5. The monoisotopic (exact) mass is 301 g/mol. The average molecular weight is 301 g/mol. The number of nitrogens with zero attached hydrogens (tertiary/aromatic N) is 1. The number of amides is 1. The molecule has 0 aromatic heterocycles. The van der Waals surface area contributed by atoms with Gasteiger partial charge in [0.2, 0.25) is 0 Å². The average Bonchev–Trinajstić information content (AvgIpc) is 3.25. The second-order valence-electron chi connectivity index (χ2n) is 6.29. The second kappa shape index (κ2) is 5.55. The van der Waals surface area contributed by atoms with Crippen LogP contribution in [0.25, 0.3) is 0 Å². The van der Waals surface area contributed by atoms with E-state index in [0.717, 1.165) is 12.8 Å². The number of Topliss-reactive ketones (excluding diaryl/α,β-unsaturated/α-hetero) is 1. The summed E-state index contributed by atoms with van der Waals surface area (Å²) in [5.74, 6) is -0.909. The molecule has 2 aliphatic rings. The number of aliphatic carboxylic acids is 1. The molecule has 5 nitrogen and oxygen atoms in total. The Morgan fingerprint density at radius 2 is 1.64 bits per heavy atom. The van der Waals surface area contributed by atoms with E-state index in [1.54, 1.807) is 29.2 Å². The molecule has 1 amide bonds. The van der Waals surface area contributed by atoms with Gasteiger partial charge in [-0.3, -0.25) is 14.4 Å². The van der Waals surface area contributed by atoms with Crippen molar-refractivity contribution >= 4 is 17.7 Å². The van der Waals surface area contributed by atoms with E-state index in [1.807, 2.05) is 0 Å². The highest BCUT2D eigenvalue weighted by Crippen LogP contribution is 2.44. The molecular weight excluding hydrogens is 282 g/mol. The van der Waals surface area contributed by atoms with E-state index in [2.05, 4.69) is 0 Å². The summed E-state index contributed by atoms with van der Waals surface area (Å²) >= 11 is 0. The van der Waals surface area contributed by atoms with Gasteiger partial charge in [0.1, 0.15) is 0 Å². The van der Waals surface area contributed by atoms with Crippen LogP contribution in [0.2, 0.25) is 0 Å². The molecule has 1 aromatic rings. The van der Waals surface area contributed by atoms with Gasteiger partial charge in [-0.1, -0.05) is 12.1 Å². The van der Waals surface area contributed by atoms with Gasteiger partial charge in [0.25, 0.3) is 5.91 Å². The van der Waals surface area contributed by atoms with Gasteiger partial charge in [0.15, 0.2) is 5.78 Å². The maximum atomic E-state index is 12.5. The SMILES string of the molecule is CC(=O)c1ccc(C(=O)N2C[C@H](C(=O)O)[C@@H](C3CC3)C2)cc1. The lowest BCUT2D eigenvalue weighted by molar-refractivity contribution is -0.142. The van der Waals surface area contributed by atoms with E-state index in [9.17, 15) is 19.5 Å². The quantitative estimate of drug-likeness (QED) is 0.864. The van der Waals surface area contributed by atoms with Crippen molar-refractivity contribution < 1.29 is 19.5 Å². The summed E-state index contributed by atoms with van der Waals surface area (Å²) in [5.41, 5.74) is 1.07. The molecule has 3 rings (SSSR count). The summed E-state index contributed by atoms with van der Waals surface area (Å²) < 4.78 is 0. The largest absolute Gasteiger partial charge is 0.481 e. The van der Waals surface area contributed by atoms with Crippen molar-refractivity contribution in [1.82, 2.24) is 4.90 Å². The Labute approximate surface area is 128 Å². The molecule has 1 aliphatic heterocycles. The Morgan fingerprint density at radius 3 is 2.14 bits per heavy atom. The number of likely N-dealkylation sites (tertiary alicyclic amines) is 1. The first-order chi connectivity index (χ1) is 10.5. The van der Waals surface area contributed by atoms with Crippen LogP contribution in [0.15, 0.2) is 24.3 Å². The molecule has 2 atom stereocenters. The summed E-state index contributed by atoms with van der Waals surface area (Å²) in [6.07, 6.45) is 2.15. The number of carbonyl (C=O) groups excluding carboxylic acids is 2. The van der Waals surface area contributed by atoms with Crippen LogP contribution in [0.5, 0.6) is 0 Å². The van der Waals surface area contributed by atoms with Gasteiger partial charge in [0.05, 0.1) is 5.92 Å². The van der Waals surface area contributed by atoms with Crippen molar-refractivity contribution in [2.45, 2.75) is 19.8 Å². The van der Waals surface area contributed by atoms with Crippen LogP contribution in [-0.2, 0) is 4.79 Å². The van der Waals surface area contributed by atoms with Crippen molar-refractivity contribution in [3.63, 3.8) is 0 Å². The molecule has 0 radical (unpaired) electrons. The van der Waals surface area contributed by atoms with Gasteiger partial charge < -0.3 is 10.0 Å². The van der Waals surface area contributed by atoms with Crippen LogP contribution < -0.4 is 0 Å².